The second-order valence-electron chi connectivity index (χ2n) is 3.97. The first-order valence-corrected chi connectivity index (χ1v) is 7.12. The van der Waals surface area contributed by atoms with E-state index in [1.165, 1.54) is 0 Å². The zero-order valence-corrected chi connectivity index (χ0v) is 12.6. The van der Waals surface area contributed by atoms with Crippen LogP contribution in [0.2, 0.25) is 0 Å². The highest BCUT2D eigenvalue weighted by Gasteiger charge is 2.08. The number of rotatable bonds is 7. The van der Waals surface area contributed by atoms with Crippen LogP contribution in [0.25, 0.3) is 0 Å². The van der Waals surface area contributed by atoms with Crippen molar-refractivity contribution in [3.63, 3.8) is 0 Å². The maximum absolute atomic E-state index is 11.7. The Kier molecular flexibility index (Phi) is 6.80. The van der Waals surface area contributed by atoms with E-state index in [1.807, 2.05) is 43.0 Å². The molecule has 0 bridgehead atoms. The molecule has 0 radical (unpaired) electrons. The number of nitrogens with zero attached hydrogens (tertiary/aromatic N) is 1. The number of hydrogen-bond donors (Lipinski definition) is 0. The monoisotopic (exact) mass is 313 g/mol. The number of halogens is 1. The van der Waals surface area contributed by atoms with Gasteiger partial charge in [0.05, 0.1) is 6.61 Å². The molecule has 0 aliphatic rings. The first-order valence-electron chi connectivity index (χ1n) is 6.33. The number of carbonyl (C=O) groups is 1. The Balaban J connectivity index is 2.22. The molecule has 1 aromatic carbocycles. The fourth-order valence-corrected chi connectivity index (χ4v) is 1.94. The van der Waals surface area contributed by atoms with E-state index in [4.69, 9.17) is 4.74 Å². The Labute approximate surface area is 117 Å². The van der Waals surface area contributed by atoms with Crippen molar-refractivity contribution in [1.29, 1.82) is 0 Å². The summed E-state index contributed by atoms with van der Waals surface area (Å²) in [5.41, 5.74) is 0. The Morgan fingerprint density at radius 3 is 2.39 bits per heavy atom. The molecule has 0 atom stereocenters. The van der Waals surface area contributed by atoms with Gasteiger partial charge in [0.25, 0.3) is 0 Å². The standard InChI is InChI=1S/C14H20BrNO2/c1-3-16(4-2)14(17)6-5-11-18-13-9-7-12(15)8-10-13/h7-10H,3-6,11H2,1-2H3. The van der Waals surface area contributed by atoms with Gasteiger partial charge in [0.1, 0.15) is 5.75 Å². The summed E-state index contributed by atoms with van der Waals surface area (Å²) in [6.45, 7) is 6.14. The van der Waals surface area contributed by atoms with Gasteiger partial charge in [0.2, 0.25) is 5.91 Å². The zero-order chi connectivity index (χ0) is 13.4. The lowest BCUT2D eigenvalue weighted by atomic mass is 10.3. The number of benzene rings is 1. The normalized spacial score (nSPS) is 10.2. The first-order chi connectivity index (χ1) is 8.67. The summed E-state index contributed by atoms with van der Waals surface area (Å²) in [6.07, 6.45) is 1.31. The van der Waals surface area contributed by atoms with Crippen molar-refractivity contribution < 1.29 is 9.53 Å². The Bertz CT molecular complexity index is 361. The molecule has 0 aliphatic carbocycles. The Morgan fingerprint density at radius 2 is 1.83 bits per heavy atom. The van der Waals surface area contributed by atoms with Gasteiger partial charge in [0.15, 0.2) is 0 Å². The van der Waals surface area contributed by atoms with Crippen LogP contribution in [0, 0.1) is 0 Å². The molecule has 0 unspecified atom stereocenters. The van der Waals surface area contributed by atoms with Gasteiger partial charge < -0.3 is 9.64 Å². The van der Waals surface area contributed by atoms with Crippen LogP contribution in [-0.4, -0.2) is 30.5 Å². The molecule has 3 nitrogen and oxygen atoms in total. The lowest BCUT2D eigenvalue weighted by Crippen LogP contribution is -2.30. The topological polar surface area (TPSA) is 29.5 Å². The van der Waals surface area contributed by atoms with E-state index >= 15 is 0 Å². The maximum Gasteiger partial charge on any atom is 0.222 e. The molecule has 1 rings (SSSR count). The third-order valence-electron chi connectivity index (χ3n) is 2.73. The van der Waals surface area contributed by atoms with Gasteiger partial charge in [-0.25, -0.2) is 0 Å². The average molecular weight is 314 g/mol. The smallest absolute Gasteiger partial charge is 0.222 e. The van der Waals surface area contributed by atoms with Gasteiger partial charge in [-0.1, -0.05) is 15.9 Å². The molecule has 1 amide bonds. The second kappa shape index (κ2) is 8.14. The summed E-state index contributed by atoms with van der Waals surface area (Å²) in [5, 5.41) is 0. The minimum Gasteiger partial charge on any atom is -0.494 e. The van der Waals surface area contributed by atoms with Crippen LogP contribution in [0.15, 0.2) is 28.7 Å². The zero-order valence-electron chi connectivity index (χ0n) is 11.0. The van der Waals surface area contributed by atoms with E-state index in [-0.39, 0.29) is 5.91 Å². The minimum atomic E-state index is 0.208. The molecular weight excluding hydrogens is 294 g/mol. The van der Waals surface area contributed by atoms with Crippen LogP contribution in [0.1, 0.15) is 26.7 Å². The second-order valence-corrected chi connectivity index (χ2v) is 4.89. The van der Waals surface area contributed by atoms with Crippen molar-refractivity contribution in [2.24, 2.45) is 0 Å². The number of ether oxygens (including phenoxy) is 1. The molecule has 0 fully saturated rings. The van der Waals surface area contributed by atoms with Crippen molar-refractivity contribution in [2.45, 2.75) is 26.7 Å². The van der Waals surface area contributed by atoms with Crippen molar-refractivity contribution >= 4 is 21.8 Å². The quantitative estimate of drug-likeness (QED) is 0.721. The highest BCUT2D eigenvalue weighted by molar-refractivity contribution is 9.10. The van der Waals surface area contributed by atoms with E-state index < -0.39 is 0 Å². The van der Waals surface area contributed by atoms with Crippen LogP contribution in [-0.2, 0) is 4.79 Å². The van der Waals surface area contributed by atoms with Crippen molar-refractivity contribution in [3.8, 4) is 5.75 Å². The molecule has 4 heteroatoms. The Hall–Kier alpha value is -1.03. The summed E-state index contributed by atoms with van der Waals surface area (Å²) in [6, 6.07) is 7.71. The molecule has 0 spiro atoms. The summed E-state index contributed by atoms with van der Waals surface area (Å²) >= 11 is 3.37. The van der Waals surface area contributed by atoms with Crippen LogP contribution < -0.4 is 4.74 Å². The minimum absolute atomic E-state index is 0.208. The van der Waals surface area contributed by atoms with E-state index in [2.05, 4.69) is 15.9 Å². The number of amides is 1. The van der Waals surface area contributed by atoms with Gasteiger partial charge >= 0.3 is 0 Å². The van der Waals surface area contributed by atoms with Gasteiger partial charge in [-0.2, -0.15) is 0 Å². The summed E-state index contributed by atoms with van der Waals surface area (Å²) in [5.74, 6) is 1.05. The average Bonchev–Trinajstić information content (AvgIpc) is 2.38. The van der Waals surface area contributed by atoms with Crippen LogP contribution in [0.4, 0.5) is 0 Å². The van der Waals surface area contributed by atoms with Crippen LogP contribution >= 0.6 is 15.9 Å². The molecule has 0 heterocycles. The third-order valence-corrected chi connectivity index (χ3v) is 3.26. The molecule has 0 N–H and O–H groups in total. The lowest BCUT2D eigenvalue weighted by Gasteiger charge is -2.18. The predicted octanol–water partition coefficient (Wildman–Crippen LogP) is 3.48. The van der Waals surface area contributed by atoms with Gasteiger partial charge in [0, 0.05) is 24.0 Å². The number of carbonyl (C=O) groups excluding carboxylic acids is 1. The largest absolute Gasteiger partial charge is 0.494 e. The fourth-order valence-electron chi connectivity index (χ4n) is 1.68. The summed E-state index contributed by atoms with van der Waals surface area (Å²) in [7, 11) is 0. The highest BCUT2D eigenvalue weighted by Crippen LogP contribution is 2.16. The van der Waals surface area contributed by atoms with Gasteiger partial charge in [-0.15, -0.1) is 0 Å². The summed E-state index contributed by atoms with van der Waals surface area (Å²) in [4.78, 5) is 13.6. The number of hydrogen-bond acceptors (Lipinski definition) is 2. The lowest BCUT2D eigenvalue weighted by molar-refractivity contribution is -0.131. The van der Waals surface area contributed by atoms with E-state index in [0.717, 1.165) is 29.7 Å². The van der Waals surface area contributed by atoms with E-state index in [0.29, 0.717) is 13.0 Å². The molecule has 0 aromatic heterocycles. The maximum atomic E-state index is 11.7. The van der Waals surface area contributed by atoms with Crippen LogP contribution in [0.3, 0.4) is 0 Å². The third kappa shape index (κ3) is 5.08. The van der Waals surface area contributed by atoms with Crippen LogP contribution in [0.5, 0.6) is 5.75 Å². The van der Waals surface area contributed by atoms with Crippen molar-refractivity contribution in [3.05, 3.63) is 28.7 Å². The van der Waals surface area contributed by atoms with Gasteiger partial charge in [-0.3, -0.25) is 4.79 Å². The summed E-state index contributed by atoms with van der Waals surface area (Å²) < 4.78 is 6.60. The molecule has 0 aliphatic heterocycles. The van der Waals surface area contributed by atoms with E-state index in [9.17, 15) is 4.79 Å². The SMILES string of the molecule is CCN(CC)C(=O)CCCOc1ccc(Br)cc1. The predicted molar refractivity (Wildman–Crippen MR) is 76.8 cm³/mol. The molecule has 100 valence electrons. The molecule has 0 saturated carbocycles. The van der Waals surface area contributed by atoms with Gasteiger partial charge in [-0.05, 0) is 44.5 Å². The molecule has 0 saturated heterocycles. The molecule has 18 heavy (non-hydrogen) atoms. The first kappa shape index (κ1) is 15.0. The molecular formula is C14H20BrNO2. The highest BCUT2D eigenvalue weighted by atomic mass is 79.9. The molecule has 1 aromatic rings. The van der Waals surface area contributed by atoms with Crippen molar-refractivity contribution in [1.82, 2.24) is 4.90 Å². The fraction of sp³-hybridized carbons (Fsp3) is 0.500. The van der Waals surface area contributed by atoms with E-state index in [1.54, 1.807) is 0 Å². The Morgan fingerprint density at radius 1 is 1.22 bits per heavy atom. The van der Waals surface area contributed by atoms with Crippen molar-refractivity contribution in [2.75, 3.05) is 19.7 Å².